The van der Waals surface area contributed by atoms with E-state index in [0.717, 1.165) is 31.4 Å². The van der Waals surface area contributed by atoms with Crippen LogP contribution in [-0.2, 0) is 4.74 Å². The van der Waals surface area contributed by atoms with E-state index in [-0.39, 0.29) is 0 Å². The van der Waals surface area contributed by atoms with Crippen molar-refractivity contribution in [2.45, 2.75) is 50.0 Å². The van der Waals surface area contributed by atoms with E-state index >= 15 is 0 Å². The van der Waals surface area contributed by atoms with Crippen LogP contribution in [0.15, 0.2) is 4.99 Å². The molecule has 0 aromatic carbocycles. The second kappa shape index (κ2) is 6.46. The van der Waals surface area contributed by atoms with Crippen LogP contribution in [0.25, 0.3) is 0 Å². The number of amidine groups is 1. The lowest BCUT2D eigenvalue weighted by atomic mass is 10.2. The Kier molecular flexibility index (Phi) is 4.66. The Hall–Kier alpha value is -0.260. The Labute approximate surface area is 120 Å². The summed E-state index contributed by atoms with van der Waals surface area (Å²) in [7, 11) is 0. The van der Waals surface area contributed by atoms with Gasteiger partial charge in [-0.05, 0) is 25.8 Å². The molecule has 0 saturated carbocycles. The molecule has 4 nitrogen and oxygen atoms in total. The highest BCUT2D eigenvalue weighted by molar-refractivity contribution is 8.14. The van der Waals surface area contributed by atoms with E-state index < -0.39 is 0 Å². The van der Waals surface area contributed by atoms with Gasteiger partial charge in [-0.25, -0.2) is 0 Å². The zero-order valence-corrected chi connectivity index (χ0v) is 12.6. The van der Waals surface area contributed by atoms with Gasteiger partial charge in [0.05, 0.1) is 19.3 Å². The molecule has 0 spiro atoms. The van der Waals surface area contributed by atoms with Gasteiger partial charge in [-0.15, -0.1) is 0 Å². The molecule has 0 aromatic heterocycles. The van der Waals surface area contributed by atoms with Gasteiger partial charge in [0.2, 0.25) is 0 Å². The highest BCUT2D eigenvalue weighted by Crippen LogP contribution is 2.24. The molecule has 1 N–H and O–H groups in total. The van der Waals surface area contributed by atoms with Crippen LogP contribution in [-0.4, -0.2) is 60.2 Å². The molecule has 3 atom stereocenters. The number of hydrogen-bond acceptors (Lipinski definition) is 5. The SMILES string of the molecule is CCCC1CN=C(NCC2CN3CCCC3CO2)S1. The van der Waals surface area contributed by atoms with Gasteiger partial charge >= 0.3 is 0 Å². The second-order valence-corrected chi connectivity index (χ2v) is 7.09. The van der Waals surface area contributed by atoms with Crippen LogP contribution in [0.2, 0.25) is 0 Å². The zero-order chi connectivity index (χ0) is 13.1. The van der Waals surface area contributed by atoms with Crippen molar-refractivity contribution in [1.82, 2.24) is 10.2 Å². The van der Waals surface area contributed by atoms with E-state index in [1.165, 1.54) is 32.2 Å². The summed E-state index contributed by atoms with van der Waals surface area (Å²) in [5.74, 6) is 0. The van der Waals surface area contributed by atoms with Gasteiger partial charge in [0.1, 0.15) is 0 Å². The molecule has 3 heterocycles. The highest BCUT2D eigenvalue weighted by Gasteiger charge is 2.32. The predicted molar refractivity (Wildman–Crippen MR) is 80.9 cm³/mol. The lowest BCUT2D eigenvalue weighted by Gasteiger charge is -2.35. The fraction of sp³-hybridized carbons (Fsp3) is 0.929. The fourth-order valence-corrected chi connectivity index (χ4v) is 4.33. The number of fused-ring (bicyclic) bond motifs is 1. The third-order valence-electron chi connectivity index (χ3n) is 4.27. The number of morpholine rings is 1. The average molecular weight is 283 g/mol. The number of hydrogen-bond donors (Lipinski definition) is 1. The highest BCUT2D eigenvalue weighted by atomic mass is 32.2. The Morgan fingerprint density at radius 3 is 3.37 bits per heavy atom. The molecule has 108 valence electrons. The van der Waals surface area contributed by atoms with Crippen LogP contribution in [0, 0.1) is 0 Å². The number of ether oxygens (including phenoxy) is 1. The van der Waals surface area contributed by atoms with Gasteiger partial charge < -0.3 is 10.1 Å². The first kappa shape index (κ1) is 13.7. The second-order valence-electron chi connectivity index (χ2n) is 5.80. The van der Waals surface area contributed by atoms with E-state index in [9.17, 15) is 0 Å². The molecule has 5 heteroatoms. The summed E-state index contributed by atoms with van der Waals surface area (Å²) in [4.78, 5) is 7.18. The quantitative estimate of drug-likeness (QED) is 0.852. The molecule has 0 bridgehead atoms. The zero-order valence-electron chi connectivity index (χ0n) is 11.8. The first-order chi connectivity index (χ1) is 9.35. The summed E-state index contributed by atoms with van der Waals surface area (Å²) in [6, 6.07) is 0.698. The molecule has 3 aliphatic heterocycles. The predicted octanol–water partition coefficient (Wildman–Crippen LogP) is 1.71. The maximum Gasteiger partial charge on any atom is 0.157 e. The number of nitrogens with one attached hydrogen (secondary N) is 1. The van der Waals surface area contributed by atoms with E-state index in [4.69, 9.17) is 4.74 Å². The Balaban J connectivity index is 1.39. The van der Waals surface area contributed by atoms with E-state index in [1.54, 1.807) is 0 Å². The van der Waals surface area contributed by atoms with Crippen LogP contribution in [0.5, 0.6) is 0 Å². The lowest BCUT2D eigenvalue weighted by Crippen LogP contribution is -2.49. The Bertz CT molecular complexity index is 337. The molecule has 0 aromatic rings. The van der Waals surface area contributed by atoms with E-state index in [0.29, 0.717) is 17.4 Å². The maximum atomic E-state index is 5.96. The normalized spacial score (nSPS) is 35.2. The maximum absolute atomic E-state index is 5.96. The molecular formula is C14H25N3OS. The smallest absolute Gasteiger partial charge is 0.157 e. The summed E-state index contributed by atoms with van der Waals surface area (Å²) < 4.78 is 5.96. The van der Waals surface area contributed by atoms with Crippen molar-refractivity contribution in [3.63, 3.8) is 0 Å². The molecular weight excluding hydrogens is 258 g/mol. The lowest BCUT2D eigenvalue weighted by molar-refractivity contribution is -0.0451. The number of rotatable bonds is 4. The fourth-order valence-electron chi connectivity index (χ4n) is 3.20. The van der Waals surface area contributed by atoms with Crippen molar-refractivity contribution < 1.29 is 4.74 Å². The van der Waals surface area contributed by atoms with Crippen molar-refractivity contribution in [1.29, 1.82) is 0 Å². The number of nitrogens with zero attached hydrogens (tertiary/aromatic N) is 2. The molecule has 0 radical (unpaired) electrons. The molecule has 0 amide bonds. The monoisotopic (exact) mass is 283 g/mol. The largest absolute Gasteiger partial charge is 0.373 e. The molecule has 2 fully saturated rings. The summed E-state index contributed by atoms with van der Waals surface area (Å²) >= 11 is 1.91. The third-order valence-corrected chi connectivity index (χ3v) is 5.48. The van der Waals surface area contributed by atoms with Gasteiger partial charge in [-0.2, -0.15) is 0 Å². The third kappa shape index (κ3) is 3.44. The van der Waals surface area contributed by atoms with Crippen molar-refractivity contribution in [3.05, 3.63) is 0 Å². The van der Waals surface area contributed by atoms with Crippen molar-refractivity contribution >= 4 is 16.9 Å². The van der Waals surface area contributed by atoms with Crippen molar-refractivity contribution in [2.75, 3.05) is 32.8 Å². The summed E-state index contributed by atoms with van der Waals surface area (Å²) in [5.41, 5.74) is 0. The Morgan fingerprint density at radius 1 is 1.53 bits per heavy atom. The van der Waals surface area contributed by atoms with Gasteiger partial charge in [0, 0.05) is 24.4 Å². The summed E-state index contributed by atoms with van der Waals surface area (Å²) in [6.07, 6.45) is 5.52. The van der Waals surface area contributed by atoms with Crippen LogP contribution in [0.3, 0.4) is 0 Å². The first-order valence-electron chi connectivity index (χ1n) is 7.65. The van der Waals surface area contributed by atoms with Gasteiger partial charge in [-0.1, -0.05) is 25.1 Å². The minimum Gasteiger partial charge on any atom is -0.373 e. The first-order valence-corrected chi connectivity index (χ1v) is 8.53. The molecule has 3 unspecified atom stereocenters. The molecule has 0 aliphatic carbocycles. The average Bonchev–Trinajstić information content (AvgIpc) is 3.04. The minimum absolute atomic E-state index is 0.336. The van der Waals surface area contributed by atoms with Crippen molar-refractivity contribution in [2.24, 2.45) is 4.99 Å². The van der Waals surface area contributed by atoms with E-state index in [1.807, 2.05) is 11.8 Å². The van der Waals surface area contributed by atoms with Gasteiger partial charge in [-0.3, -0.25) is 9.89 Å². The van der Waals surface area contributed by atoms with Crippen LogP contribution < -0.4 is 5.32 Å². The minimum atomic E-state index is 0.336. The molecule has 2 saturated heterocycles. The van der Waals surface area contributed by atoms with Crippen LogP contribution in [0.1, 0.15) is 32.6 Å². The molecule has 3 rings (SSSR count). The standard InChI is InChI=1S/C14H25N3OS/c1-2-4-13-8-16-14(19-13)15-7-12-9-17-6-3-5-11(17)10-18-12/h11-13H,2-10H2,1H3,(H,15,16). The van der Waals surface area contributed by atoms with Gasteiger partial charge in [0.15, 0.2) is 5.17 Å². The van der Waals surface area contributed by atoms with Crippen LogP contribution in [0.4, 0.5) is 0 Å². The number of aliphatic imine (C=N–C) groups is 1. The number of thioether (sulfide) groups is 1. The van der Waals surface area contributed by atoms with E-state index in [2.05, 4.69) is 22.1 Å². The molecule has 3 aliphatic rings. The topological polar surface area (TPSA) is 36.9 Å². The van der Waals surface area contributed by atoms with Crippen molar-refractivity contribution in [3.8, 4) is 0 Å². The molecule has 19 heavy (non-hydrogen) atoms. The Morgan fingerprint density at radius 2 is 2.47 bits per heavy atom. The van der Waals surface area contributed by atoms with Gasteiger partial charge in [0.25, 0.3) is 0 Å². The van der Waals surface area contributed by atoms with Crippen LogP contribution >= 0.6 is 11.8 Å². The summed E-state index contributed by atoms with van der Waals surface area (Å²) in [5, 5.41) is 5.31. The summed E-state index contributed by atoms with van der Waals surface area (Å²) in [6.45, 7) is 7.42.